The van der Waals surface area contributed by atoms with E-state index in [0.717, 1.165) is 26.1 Å². The second-order valence-electron chi connectivity index (χ2n) is 6.47. The Hall–Kier alpha value is -2.50. The zero-order valence-electron chi connectivity index (χ0n) is 15.9. The zero-order valence-corrected chi connectivity index (χ0v) is 18.3. The van der Waals surface area contributed by atoms with E-state index in [4.69, 9.17) is 9.47 Å². The molecule has 1 aliphatic heterocycles. The highest BCUT2D eigenvalue weighted by Gasteiger charge is 2.25. The van der Waals surface area contributed by atoms with Crippen molar-refractivity contribution >= 4 is 39.6 Å². The average molecular weight is 467 g/mol. The Bertz CT molecular complexity index is 1080. The van der Waals surface area contributed by atoms with Crippen molar-refractivity contribution in [2.24, 2.45) is 0 Å². The minimum absolute atomic E-state index is 0.0593. The van der Waals surface area contributed by atoms with Gasteiger partial charge in [0.15, 0.2) is 11.5 Å². The van der Waals surface area contributed by atoms with Gasteiger partial charge in [-0.05, 0) is 64.3 Å². The van der Waals surface area contributed by atoms with Crippen molar-refractivity contribution in [3.05, 3.63) is 92.8 Å². The third-order valence-electron chi connectivity index (χ3n) is 4.43. The number of thioether (sulfide) groups is 1. The van der Waals surface area contributed by atoms with Gasteiger partial charge in [0.1, 0.15) is 6.61 Å². The van der Waals surface area contributed by atoms with E-state index >= 15 is 0 Å². The molecule has 0 bridgehead atoms. The summed E-state index contributed by atoms with van der Waals surface area (Å²) in [6.45, 7) is 2.91. The number of Topliss-reactive ketones (excluding diaryl/α,β-unsaturated/α-hetero) is 1. The fraction of sp³-hybridized carbons (Fsp3) is 0.125. The van der Waals surface area contributed by atoms with E-state index in [1.54, 1.807) is 0 Å². The summed E-state index contributed by atoms with van der Waals surface area (Å²) in [7, 11) is 0. The minimum Gasteiger partial charge on any atom is -0.490 e. The number of fused-ring (bicyclic) bond motifs is 1. The maximum absolute atomic E-state index is 12.7. The third kappa shape index (κ3) is 4.41. The molecule has 0 spiro atoms. The maximum atomic E-state index is 12.7. The first-order chi connectivity index (χ1) is 14.2. The van der Waals surface area contributed by atoms with Crippen LogP contribution in [-0.4, -0.2) is 12.4 Å². The smallest absolute Gasteiger partial charge is 0.200 e. The summed E-state index contributed by atoms with van der Waals surface area (Å²) in [4.78, 5) is 14.4. The lowest BCUT2D eigenvalue weighted by atomic mass is 10.1. The van der Waals surface area contributed by atoms with E-state index in [0.29, 0.717) is 29.6 Å². The number of ether oxygens (including phenoxy) is 2. The quantitative estimate of drug-likeness (QED) is 0.376. The number of benzene rings is 3. The largest absolute Gasteiger partial charge is 0.490 e. The topological polar surface area (TPSA) is 35.5 Å². The van der Waals surface area contributed by atoms with Gasteiger partial charge >= 0.3 is 0 Å². The summed E-state index contributed by atoms with van der Waals surface area (Å²) in [6, 6.07) is 21.5. The van der Waals surface area contributed by atoms with Crippen LogP contribution in [0, 0.1) is 0 Å². The van der Waals surface area contributed by atoms with Crippen molar-refractivity contribution in [2.45, 2.75) is 18.4 Å². The Morgan fingerprint density at radius 1 is 1.00 bits per heavy atom. The molecule has 0 unspecified atom stereocenters. The van der Waals surface area contributed by atoms with Crippen molar-refractivity contribution in [3.63, 3.8) is 0 Å². The van der Waals surface area contributed by atoms with Gasteiger partial charge in [-0.3, -0.25) is 4.79 Å². The summed E-state index contributed by atoms with van der Waals surface area (Å²) in [5, 5.41) is 0. The van der Waals surface area contributed by atoms with E-state index < -0.39 is 0 Å². The standard InChI is InChI=1S/C24H19BrO3S/c1-2-27-20-13-17(14-22-23(26)18-10-6-7-11-21(18)29-22)12-19(25)24(20)28-15-16-8-4-3-5-9-16/h3-14H,2,15H2,1H3/b22-14+. The molecule has 0 radical (unpaired) electrons. The van der Waals surface area contributed by atoms with Crippen LogP contribution in [-0.2, 0) is 6.61 Å². The first-order valence-corrected chi connectivity index (χ1v) is 10.9. The zero-order chi connectivity index (χ0) is 20.2. The van der Waals surface area contributed by atoms with E-state index in [2.05, 4.69) is 15.9 Å². The Kier molecular flexibility index (Phi) is 6.07. The lowest BCUT2D eigenvalue weighted by Crippen LogP contribution is -2.01. The Labute approximate surface area is 182 Å². The van der Waals surface area contributed by atoms with Crippen molar-refractivity contribution < 1.29 is 14.3 Å². The van der Waals surface area contributed by atoms with Gasteiger partial charge in [0.05, 0.1) is 16.0 Å². The molecule has 0 saturated heterocycles. The van der Waals surface area contributed by atoms with Gasteiger partial charge in [-0.25, -0.2) is 0 Å². The predicted molar refractivity (Wildman–Crippen MR) is 121 cm³/mol. The van der Waals surface area contributed by atoms with Crippen molar-refractivity contribution in [2.75, 3.05) is 6.61 Å². The van der Waals surface area contributed by atoms with Crippen LogP contribution in [0.25, 0.3) is 6.08 Å². The maximum Gasteiger partial charge on any atom is 0.200 e. The molecular weight excluding hydrogens is 448 g/mol. The van der Waals surface area contributed by atoms with E-state index in [1.165, 1.54) is 11.8 Å². The fourth-order valence-corrected chi connectivity index (χ4v) is 4.72. The van der Waals surface area contributed by atoms with Gasteiger partial charge in [0.25, 0.3) is 0 Å². The molecule has 3 aromatic rings. The van der Waals surface area contributed by atoms with Crippen molar-refractivity contribution in [3.8, 4) is 11.5 Å². The summed E-state index contributed by atoms with van der Waals surface area (Å²) < 4.78 is 12.7. The Balaban J connectivity index is 1.62. The van der Waals surface area contributed by atoms with Gasteiger partial charge in [-0.15, -0.1) is 0 Å². The highest BCUT2D eigenvalue weighted by molar-refractivity contribution is 9.10. The number of hydrogen-bond acceptors (Lipinski definition) is 4. The van der Waals surface area contributed by atoms with Gasteiger partial charge < -0.3 is 9.47 Å². The van der Waals surface area contributed by atoms with Crippen LogP contribution < -0.4 is 9.47 Å². The predicted octanol–water partition coefficient (Wildman–Crippen LogP) is 6.76. The molecule has 0 saturated carbocycles. The van der Waals surface area contributed by atoms with Crippen LogP contribution in [0.2, 0.25) is 0 Å². The second kappa shape index (κ2) is 8.89. The highest BCUT2D eigenvalue weighted by Crippen LogP contribution is 2.42. The molecule has 29 heavy (non-hydrogen) atoms. The van der Waals surface area contributed by atoms with Gasteiger partial charge in [-0.2, -0.15) is 0 Å². The number of ketones is 1. The number of halogens is 1. The van der Waals surface area contributed by atoms with Crippen molar-refractivity contribution in [1.29, 1.82) is 0 Å². The number of hydrogen-bond donors (Lipinski definition) is 0. The molecule has 3 nitrogen and oxygen atoms in total. The number of carbonyl (C=O) groups is 1. The van der Waals surface area contributed by atoms with Crippen LogP contribution in [0.3, 0.4) is 0 Å². The first-order valence-electron chi connectivity index (χ1n) is 9.32. The number of allylic oxidation sites excluding steroid dienone is 1. The molecule has 146 valence electrons. The lowest BCUT2D eigenvalue weighted by Gasteiger charge is -2.15. The van der Waals surface area contributed by atoms with Gasteiger partial charge in [0.2, 0.25) is 5.78 Å². The molecule has 3 aromatic carbocycles. The van der Waals surface area contributed by atoms with E-state index in [9.17, 15) is 4.79 Å². The van der Waals surface area contributed by atoms with Crippen LogP contribution >= 0.6 is 27.7 Å². The lowest BCUT2D eigenvalue weighted by molar-refractivity contribution is 0.104. The van der Waals surface area contributed by atoms with Crippen LogP contribution in [0.15, 0.2) is 81.0 Å². The summed E-state index contributed by atoms with van der Waals surface area (Å²) >= 11 is 5.11. The van der Waals surface area contributed by atoms with Crippen LogP contribution in [0.1, 0.15) is 28.4 Å². The molecule has 4 rings (SSSR count). The van der Waals surface area contributed by atoms with Crippen molar-refractivity contribution in [1.82, 2.24) is 0 Å². The molecule has 0 atom stereocenters. The number of carbonyl (C=O) groups excluding carboxylic acids is 1. The second-order valence-corrected chi connectivity index (χ2v) is 8.41. The van der Waals surface area contributed by atoms with Crippen LogP contribution in [0.4, 0.5) is 0 Å². The number of rotatable bonds is 6. The monoisotopic (exact) mass is 466 g/mol. The SMILES string of the molecule is CCOc1cc(/C=C2/Sc3ccccc3C2=O)cc(Br)c1OCc1ccccc1. The average Bonchev–Trinajstić information content (AvgIpc) is 3.04. The molecule has 0 N–H and O–H groups in total. The molecule has 1 aliphatic rings. The Morgan fingerprint density at radius 3 is 2.52 bits per heavy atom. The summed E-state index contributed by atoms with van der Waals surface area (Å²) in [5.41, 5.74) is 2.73. The molecule has 0 fully saturated rings. The minimum atomic E-state index is 0.0593. The molecule has 0 aromatic heterocycles. The summed E-state index contributed by atoms with van der Waals surface area (Å²) in [6.07, 6.45) is 1.90. The normalized spacial score (nSPS) is 14.1. The van der Waals surface area contributed by atoms with Crippen LogP contribution in [0.5, 0.6) is 11.5 Å². The molecule has 5 heteroatoms. The molecule has 0 amide bonds. The highest BCUT2D eigenvalue weighted by atomic mass is 79.9. The first kappa shape index (κ1) is 19.8. The molecule has 0 aliphatic carbocycles. The molecular formula is C24H19BrO3S. The van der Waals surface area contributed by atoms with E-state index in [1.807, 2.05) is 79.7 Å². The summed E-state index contributed by atoms with van der Waals surface area (Å²) in [5.74, 6) is 1.37. The van der Waals surface area contributed by atoms with Gasteiger partial charge in [-0.1, -0.05) is 54.2 Å². The molecule has 1 heterocycles. The fourth-order valence-electron chi connectivity index (χ4n) is 3.09. The third-order valence-corrected chi connectivity index (χ3v) is 6.12. The Morgan fingerprint density at radius 2 is 1.76 bits per heavy atom. The van der Waals surface area contributed by atoms with Gasteiger partial charge in [0, 0.05) is 10.5 Å². The van der Waals surface area contributed by atoms with E-state index in [-0.39, 0.29) is 5.78 Å².